The molecule has 0 fully saturated rings. The number of unbranched alkanes of at least 4 members (excludes halogenated alkanes) is 1. The summed E-state index contributed by atoms with van der Waals surface area (Å²) < 4.78 is 0. The Kier molecular flexibility index (Phi) is 5.58. The van der Waals surface area contributed by atoms with Crippen LogP contribution in [0.15, 0.2) is 0 Å². The van der Waals surface area contributed by atoms with Gasteiger partial charge in [0.1, 0.15) is 0 Å². The highest BCUT2D eigenvalue weighted by Gasteiger charge is 2.11. The highest BCUT2D eigenvalue weighted by atomic mass is 16.3. The fourth-order valence-electron chi connectivity index (χ4n) is 0.749. The van der Waals surface area contributed by atoms with Crippen LogP contribution >= 0.6 is 0 Å². The van der Waals surface area contributed by atoms with Crippen LogP contribution < -0.4 is 5.73 Å². The monoisotopic (exact) mass is 147 g/mol. The van der Waals surface area contributed by atoms with E-state index in [0.29, 0.717) is 6.42 Å². The molecule has 0 aromatic rings. The second-order valence-corrected chi connectivity index (χ2v) is 2.56. The standard InChI is InChI=1S/C7H17NO2/c1-2-3-4-7(10)6(8)5-9/h6-7,9-10H,2-5,8H2,1H3/t6-,7+/m0/s1. The molecule has 62 valence electrons. The Morgan fingerprint density at radius 2 is 2.10 bits per heavy atom. The van der Waals surface area contributed by atoms with Gasteiger partial charge in [-0.1, -0.05) is 19.8 Å². The second-order valence-electron chi connectivity index (χ2n) is 2.56. The molecule has 0 radical (unpaired) electrons. The maximum atomic E-state index is 9.16. The summed E-state index contributed by atoms with van der Waals surface area (Å²) in [5.41, 5.74) is 5.36. The first-order valence-corrected chi connectivity index (χ1v) is 3.76. The lowest BCUT2D eigenvalue weighted by Crippen LogP contribution is -2.37. The summed E-state index contributed by atoms with van der Waals surface area (Å²) in [6.07, 6.45) is 2.17. The lowest BCUT2D eigenvalue weighted by Gasteiger charge is -2.15. The summed E-state index contributed by atoms with van der Waals surface area (Å²) in [6, 6.07) is -0.466. The number of hydrogen-bond acceptors (Lipinski definition) is 3. The maximum Gasteiger partial charge on any atom is 0.0713 e. The first kappa shape index (κ1) is 9.88. The van der Waals surface area contributed by atoms with Gasteiger partial charge in [0.15, 0.2) is 0 Å². The van der Waals surface area contributed by atoms with Crippen LogP contribution in [0.2, 0.25) is 0 Å². The van der Waals surface area contributed by atoms with Crippen LogP contribution in [0.25, 0.3) is 0 Å². The molecule has 0 aliphatic heterocycles. The molecule has 0 aromatic carbocycles. The SMILES string of the molecule is CCCC[C@@H](O)[C@@H](N)CO. The van der Waals surface area contributed by atoms with Gasteiger partial charge in [0.2, 0.25) is 0 Å². The highest BCUT2D eigenvalue weighted by Crippen LogP contribution is 2.02. The minimum Gasteiger partial charge on any atom is -0.395 e. The first-order chi connectivity index (χ1) is 4.72. The molecule has 3 nitrogen and oxygen atoms in total. The molecule has 0 aromatic heterocycles. The van der Waals surface area contributed by atoms with E-state index < -0.39 is 12.1 Å². The zero-order chi connectivity index (χ0) is 7.98. The van der Waals surface area contributed by atoms with E-state index in [1.54, 1.807) is 0 Å². The number of rotatable bonds is 5. The third-order valence-electron chi connectivity index (χ3n) is 1.56. The zero-order valence-electron chi connectivity index (χ0n) is 6.45. The number of nitrogens with two attached hydrogens (primary N) is 1. The minimum atomic E-state index is -0.537. The van der Waals surface area contributed by atoms with Crippen molar-refractivity contribution in [3.63, 3.8) is 0 Å². The molecule has 4 N–H and O–H groups in total. The molecule has 0 saturated heterocycles. The van der Waals surface area contributed by atoms with Gasteiger partial charge in [-0.05, 0) is 6.42 Å². The van der Waals surface area contributed by atoms with Crippen molar-refractivity contribution in [1.29, 1.82) is 0 Å². The topological polar surface area (TPSA) is 66.5 Å². The summed E-state index contributed by atoms with van der Waals surface area (Å²) in [5.74, 6) is 0. The van der Waals surface area contributed by atoms with Gasteiger partial charge in [0, 0.05) is 0 Å². The van der Waals surface area contributed by atoms with Crippen molar-refractivity contribution in [2.24, 2.45) is 5.73 Å². The fraction of sp³-hybridized carbons (Fsp3) is 1.00. The predicted molar refractivity (Wildman–Crippen MR) is 40.6 cm³/mol. The van der Waals surface area contributed by atoms with Crippen molar-refractivity contribution in [1.82, 2.24) is 0 Å². The number of hydrogen-bond donors (Lipinski definition) is 3. The van der Waals surface area contributed by atoms with Crippen LogP contribution in [0.4, 0.5) is 0 Å². The van der Waals surface area contributed by atoms with Crippen LogP contribution in [0.5, 0.6) is 0 Å². The maximum absolute atomic E-state index is 9.16. The van der Waals surface area contributed by atoms with Gasteiger partial charge in [0.05, 0.1) is 18.8 Å². The Bertz CT molecular complexity index is 78.0. The third kappa shape index (κ3) is 3.82. The molecule has 10 heavy (non-hydrogen) atoms. The van der Waals surface area contributed by atoms with Crippen molar-refractivity contribution in [3.05, 3.63) is 0 Å². The van der Waals surface area contributed by atoms with E-state index in [4.69, 9.17) is 15.9 Å². The van der Waals surface area contributed by atoms with Crippen LogP contribution in [0, 0.1) is 0 Å². The van der Waals surface area contributed by atoms with Gasteiger partial charge in [0.25, 0.3) is 0 Å². The van der Waals surface area contributed by atoms with Gasteiger partial charge < -0.3 is 15.9 Å². The number of aliphatic hydroxyl groups is 2. The van der Waals surface area contributed by atoms with E-state index in [0.717, 1.165) is 12.8 Å². The van der Waals surface area contributed by atoms with Gasteiger partial charge in [-0.3, -0.25) is 0 Å². The van der Waals surface area contributed by atoms with Crippen molar-refractivity contribution >= 4 is 0 Å². The van der Waals surface area contributed by atoms with Crippen LogP contribution in [0.3, 0.4) is 0 Å². The Morgan fingerprint density at radius 3 is 2.50 bits per heavy atom. The average Bonchev–Trinajstić information content (AvgIpc) is 1.98. The van der Waals surface area contributed by atoms with Gasteiger partial charge in [-0.2, -0.15) is 0 Å². The first-order valence-electron chi connectivity index (χ1n) is 3.76. The average molecular weight is 147 g/mol. The Morgan fingerprint density at radius 1 is 1.50 bits per heavy atom. The van der Waals surface area contributed by atoms with E-state index >= 15 is 0 Å². The van der Waals surface area contributed by atoms with Crippen molar-refractivity contribution in [2.75, 3.05) is 6.61 Å². The molecule has 0 aliphatic rings. The molecule has 3 heteroatoms. The Hall–Kier alpha value is -0.120. The minimum absolute atomic E-state index is 0.134. The molecule has 0 rings (SSSR count). The summed E-state index contributed by atoms with van der Waals surface area (Å²) >= 11 is 0. The molecular formula is C7H17NO2. The van der Waals surface area contributed by atoms with E-state index in [1.165, 1.54) is 0 Å². The molecule has 2 atom stereocenters. The summed E-state index contributed by atoms with van der Waals surface area (Å²) in [7, 11) is 0. The van der Waals surface area contributed by atoms with Gasteiger partial charge in [-0.15, -0.1) is 0 Å². The molecule has 0 aliphatic carbocycles. The van der Waals surface area contributed by atoms with Gasteiger partial charge >= 0.3 is 0 Å². The van der Waals surface area contributed by atoms with Crippen LogP contribution in [0.1, 0.15) is 26.2 Å². The Balaban J connectivity index is 3.31. The third-order valence-corrected chi connectivity index (χ3v) is 1.56. The van der Waals surface area contributed by atoms with E-state index in [-0.39, 0.29) is 6.61 Å². The lowest BCUT2D eigenvalue weighted by atomic mass is 10.1. The second kappa shape index (κ2) is 5.65. The van der Waals surface area contributed by atoms with Gasteiger partial charge in [-0.25, -0.2) is 0 Å². The van der Waals surface area contributed by atoms with E-state index in [9.17, 15) is 0 Å². The highest BCUT2D eigenvalue weighted by molar-refractivity contribution is 4.69. The lowest BCUT2D eigenvalue weighted by molar-refractivity contribution is 0.0995. The number of aliphatic hydroxyl groups excluding tert-OH is 2. The van der Waals surface area contributed by atoms with Crippen molar-refractivity contribution in [3.8, 4) is 0 Å². The molecule has 0 spiro atoms. The predicted octanol–water partition coefficient (Wildman–Crippen LogP) is -0.143. The molecule has 0 amide bonds. The van der Waals surface area contributed by atoms with Crippen LogP contribution in [-0.4, -0.2) is 29.0 Å². The van der Waals surface area contributed by atoms with Crippen molar-refractivity contribution in [2.45, 2.75) is 38.3 Å². The molecule has 0 bridgehead atoms. The smallest absolute Gasteiger partial charge is 0.0713 e. The van der Waals surface area contributed by atoms with Crippen LogP contribution in [-0.2, 0) is 0 Å². The molecule has 0 unspecified atom stereocenters. The van der Waals surface area contributed by atoms with Crippen molar-refractivity contribution < 1.29 is 10.2 Å². The molecular weight excluding hydrogens is 130 g/mol. The van der Waals surface area contributed by atoms with E-state index in [1.807, 2.05) is 0 Å². The summed E-state index contributed by atoms with van der Waals surface area (Å²) in [5, 5.41) is 17.7. The Labute approximate surface area is 61.9 Å². The largest absolute Gasteiger partial charge is 0.395 e. The molecule has 0 heterocycles. The summed E-state index contributed by atoms with van der Waals surface area (Å²) in [6.45, 7) is 1.92. The zero-order valence-corrected chi connectivity index (χ0v) is 6.45. The molecule has 0 saturated carbocycles. The fourth-order valence-corrected chi connectivity index (χ4v) is 0.749. The quantitative estimate of drug-likeness (QED) is 0.507. The summed E-state index contributed by atoms with van der Waals surface area (Å²) in [4.78, 5) is 0. The van der Waals surface area contributed by atoms with E-state index in [2.05, 4.69) is 6.92 Å². The normalized spacial score (nSPS) is 16.8.